The largest absolute Gasteiger partial charge is 0.413 e. The molecule has 0 bridgehead atoms. The zero-order chi connectivity index (χ0) is 25.7. The normalized spacial score (nSPS) is 39.5. The molecule has 8 heteroatoms. The second kappa shape index (κ2) is 9.43. The Labute approximate surface area is 212 Å². The van der Waals surface area contributed by atoms with Crippen molar-refractivity contribution in [1.82, 2.24) is 0 Å². The Bertz CT molecular complexity index is 861. The molecule has 0 aromatic rings. The summed E-state index contributed by atoms with van der Waals surface area (Å²) in [6.45, 7) is 17.7. The molecule has 3 saturated carbocycles. The van der Waals surface area contributed by atoms with Gasteiger partial charge in [0.1, 0.15) is 5.78 Å². The number of fused-ring (bicyclic) bond motifs is 2. The monoisotopic (exact) mass is 505 g/mol. The van der Waals surface area contributed by atoms with Gasteiger partial charge >= 0.3 is 0 Å². The molecule has 1 saturated heterocycles. The summed E-state index contributed by atoms with van der Waals surface area (Å²) in [7, 11) is -1.92. The summed E-state index contributed by atoms with van der Waals surface area (Å²) in [6.07, 6.45) is 7.23. The van der Waals surface area contributed by atoms with Crippen LogP contribution in [0.5, 0.6) is 0 Å². The zero-order valence-corrected chi connectivity index (χ0v) is 24.1. The summed E-state index contributed by atoms with van der Waals surface area (Å²) < 4.78 is 19.2. The quantitative estimate of drug-likeness (QED) is 0.168. The van der Waals surface area contributed by atoms with Crippen LogP contribution in [0.15, 0.2) is 5.11 Å². The Morgan fingerprint density at radius 3 is 2.34 bits per heavy atom. The second-order valence-electron chi connectivity index (χ2n) is 13.6. The van der Waals surface area contributed by atoms with E-state index < -0.39 is 14.1 Å². The third kappa shape index (κ3) is 4.52. The zero-order valence-electron chi connectivity index (χ0n) is 23.1. The van der Waals surface area contributed by atoms with E-state index in [9.17, 15) is 4.79 Å². The first-order valence-corrected chi connectivity index (χ1v) is 16.7. The summed E-state index contributed by atoms with van der Waals surface area (Å²) in [4.78, 5) is 16.9. The molecule has 4 aliphatic rings. The molecule has 1 heterocycles. The molecular formula is C27H47N3O4Si. The fraction of sp³-hybridized carbons (Fsp3) is 0.963. The number of hydrogen-bond acceptors (Lipinski definition) is 5. The molecule has 6 atom stereocenters. The first kappa shape index (κ1) is 27.1. The van der Waals surface area contributed by atoms with Gasteiger partial charge in [-0.1, -0.05) is 39.7 Å². The van der Waals surface area contributed by atoms with Gasteiger partial charge < -0.3 is 13.9 Å². The van der Waals surface area contributed by atoms with Crippen LogP contribution in [0.3, 0.4) is 0 Å². The molecule has 1 aliphatic heterocycles. The Hall–Kier alpha value is -0.923. The molecule has 0 amide bonds. The minimum Gasteiger partial charge on any atom is -0.413 e. The van der Waals surface area contributed by atoms with E-state index >= 15 is 0 Å². The number of azide groups is 1. The van der Waals surface area contributed by atoms with Crippen molar-refractivity contribution in [2.75, 3.05) is 19.8 Å². The molecule has 0 radical (unpaired) electrons. The van der Waals surface area contributed by atoms with E-state index in [0.29, 0.717) is 49.7 Å². The van der Waals surface area contributed by atoms with Gasteiger partial charge in [-0.25, -0.2) is 0 Å². The van der Waals surface area contributed by atoms with E-state index in [4.69, 9.17) is 19.4 Å². The highest BCUT2D eigenvalue weighted by atomic mass is 28.4. The SMILES string of the molecule is CC(C)(C)[Si](C)(C)O[C@H]1CC[C@](C)(C2CC[C@@]3(C)C(CCC34OCCO4)[C@@H]2CCN=[N+]=[N-])C(=O)C1. The fourth-order valence-electron chi connectivity index (χ4n) is 7.85. The van der Waals surface area contributed by atoms with Gasteiger partial charge in [-0.2, -0.15) is 0 Å². The Kier molecular flexibility index (Phi) is 7.31. The van der Waals surface area contributed by atoms with Gasteiger partial charge in [0, 0.05) is 35.1 Å². The number of ether oxygens (including phenoxy) is 2. The first-order chi connectivity index (χ1) is 16.3. The Morgan fingerprint density at radius 2 is 1.74 bits per heavy atom. The van der Waals surface area contributed by atoms with Crippen molar-refractivity contribution in [3.05, 3.63) is 10.4 Å². The molecular weight excluding hydrogens is 458 g/mol. The van der Waals surface area contributed by atoms with Gasteiger partial charge in [-0.15, -0.1) is 0 Å². The first-order valence-electron chi connectivity index (χ1n) is 13.8. The van der Waals surface area contributed by atoms with E-state index in [-0.39, 0.29) is 22.0 Å². The van der Waals surface area contributed by atoms with Crippen molar-refractivity contribution >= 4 is 14.1 Å². The van der Waals surface area contributed by atoms with Crippen LogP contribution in [-0.4, -0.2) is 45.8 Å². The summed E-state index contributed by atoms with van der Waals surface area (Å²) in [5, 5.41) is 4.04. The van der Waals surface area contributed by atoms with Gasteiger partial charge in [0.05, 0.1) is 19.3 Å². The maximum Gasteiger partial charge on any atom is 0.192 e. The molecule has 7 nitrogen and oxygen atoms in total. The van der Waals surface area contributed by atoms with Crippen molar-refractivity contribution in [1.29, 1.82) is 0 Å². The van der Waals surface area contributed by atoms with Crippen molar-refractivity contribution in [3.8, 4) is 0 Å². The Morgan fingerprint density at radius 1 is 1.09 bits per heavy atom. The highest BCUT2D eigenvalue weighted by molar-refractivity contribution is 6.74. The lowest BCUT2D eigenvalue weighted by atomic mass is 9.50. The number of ketones is 1. The van der Waals surface area contributed by atoms with Crippen molar-refractivity contribution < 1.29 is 18.7 Å². The second-order valence-corrected chi connectivity index (χ2v) is 18.4. The number of carbonyl (C=O) groups excluding carboxylic acids is 1. The lowest BCUT2D eigenvalue weighted by Gasteiger charge is -2.56. The summed E-state index contributed by atoms with van der Waals surface area (Å²) in [5.41, 5.74) is 8.54. The number of hydrogen-bond donors (Lipinski definition) is 0. The maximum absolute atomic E-state index is 13.9. The molecule has 1 spiro atoms. The molecule has 0 N–H and O–H groups in total. The average molecular weight is 506 g/mol. The van der Waals surface area contributed by atoms with E-state index in [2.05, 4.69) is 57.7 Å². The third-order valence-electron chi connectivity index (χ3n) is 11.0. The molecule has 0 aromatic heterocycles. The summed E-state index contributed by atoms with van der Waals surface area (Å²) in [5.74, 6) is 0.944. The lowest BCUT2D eigenvalue weighted by molar-refractivity contribution is -0.242. The topological polar surface area (TPSA) is 93.5 Å². The van der Waals surface area contributed by atoms with Gasteiger partial charge in [-0.3, -0.25) is 4.79 Å². The van der Waals surface area contributed by atoms with E-state index in [1.807, 2.05) is 0 Å². The highest BCUT2D eigenvalue weighted by Crippen LogP contribution is 2.66. The van der Waals surface area contributed by atoms with Crippen LogP contribution in [0.1, 0.15) is 86.0 Å². The molecule has 4 fully saturated rings. The van der Waals surface area contributed by atoms with Crippen LogP contribution in [0.2, 0.25) is 18.1 Å². The van der Waals surface area contributed by atoms with Crippen LogP contribution < -0.4 is 0 Å². The van der Waals surface area contributed by atoms with Crippen LogP contribution in [0, 0.1) is 28.6 Å². The smallest absolute Gasteiger partial charge is 0.192 e. The molecule has 3 aliphatic carbocycles. The minimum absolute atomic E-state index is 0.0435. The van der Waals surface area contributed by atoms with Crippen molar-refractivity contribution in [2.45, 2.75) is 116 Å². The predicted octanol–water partition coefficient (Wildman–Crippen LogP) is 7.02. The van der Waals surface area contributed by atoms with Crippen LogP contribution in [0.4, 0.5) is 0 Å². The van der Waals surface area contributed by atoms with Gasteiger partial charge in [-0.05, 0) is 79.9 Å². The number of Topliss-reactive ketones (excluding diaryl/α,β-unsaturated/α-hetero) is 1. The predicted molar refractivity (Wildman–Crippen MR) is 139 cm³/mol. The van der Waals surface area contributed by atoms with Crippen molar-refractivity contribution in [2.24, 2.45) is 33.7 Å². The average Bonchev–Trinajstić information content (AvgIpc) is 3.36. The number of carbonyl (C=O) groups is 1. The van der Waals surface area contributed by atoms with Crippen molar-refractivity contribution in [3.63, 3.8) is 0 Å². The van der Waals surface area contributed by atoms with Crippen LogP contribution in [-0.2, 0) is 18.7 Å². The summed E-state index contributed by atoms with van der Waals surface area (Å²) in [6, 6.07) is 0. The highest BCUT2D eigenvalue weighted by Gasteiger charge is 2.66. The lowest BCUT2D eigenvalue weighted by Crippen LogP contribution is -2.56. The number of rotatable bonds is 6. The number of nitrogens with zero attached hydrogens (tertiary/aromatic N) is 3. The van der Waals surface area contributed by atoms with E-state index in [1.165, 1.54) is 0 Å². The molecule has 2 unspecified atom stereocenters. The van der Waals surface area contributed by atoms with Crippen LogP contribution >= 0.6 is 0 Å². The van der Waals surface area contributed by atoms with Gasteiger partial charge in [0.25, 0.3) is 0 Å². The molecule has 4 rings (SSSR count). The molecule has 0 aromatic carbocycles. The van der Waals surface area contributed by atoms with Gasteiger partial charge in [0.15, 0.2) is 14.1 Å². The van der Waals surface area contributed by atoms with E-state index in [1.54, 1.807) is 0 Å². The summed E-state index contributed by atoms with van der Waals surface area (Å²) >= 11 is 0. The molecule has 198 valence electrons. The van der Waals surface area contributed by atoms with E-state index in [0.717, 1.165) is 44.9 Å². The fourth-order valence-corrected chi connectivity index (χ4v) is 9.23. The Balaban J connectivity index is 1.55. The molecule has 35 heavy (non-hydrogen) atoms. The maximum atomic E-state index is 13.9. The third-order valence-corrected chi connectivity index (χ3v) is 15.5. The minimum atomic E-state index is -1.92. The standard InChI is InChI=1S/C27H47N3O4Si/c1-24(2,3)35(6,7)34-19-8-12-25(4,23(31)18-19)21-9-13-26(5)22(20(21)11-15-29-30-28)10-14-27(26)32-16-17-33-27/h19-22H,8-18H2,1-7H3/t19-,20+,21?,22?,25+,26-/m0/s1. The van der Waals surface area contributed by atoms with Crippen LogP contribution in [0.25, 0.3) is 10.4 Å². The van der Waals surface area contributed by atoms with Gasteiger partial charge in [0.2, 0.25) is 0 Å².